The lowest BCUT2D eigenvalue weighted by Crippen LogP contribution is -2.41. The number of anilines is 1. The van der Waals surface area contributed by atoms with E-state index in [1.54, 1.807) is 37.8 Å². The van der Waals surface area contributed by atoms with Gasteiger partial charge >= 0.3 is 0 Å². The van der Waals surface area contributed by atoms with Crippen molar-refractivity contribution in [1.82, 2.24) is 9.29 Å². The van der Waals surface area contributed by atoms with Crippen LogP contribution in [0.5, 0.6) is 11.5 Å². The number of nitrogens with one attached hydrogen (secondary N) is 1. The van der Waals surface area contributed by atoms with Crippen LogP contribution in [0.25, 0.3) is 11.3 Å². The SMILES string of the molecule is COc1ccc(-c2csc(NC(=O)C3CCN(S(=O)(=O)c4cccs4)CC3)n2)c(OC)c1. The van der Waals surface area contributed by atoms with Crippen molar-refractivity contribution in [3.63, 3.8) is 0 Å². The van der Waals surface area contributed by atoms with Crippen molar-refractivity contribution in [2.45, 2.75) is 17.1 Å². The van der Waals surface area contributed by atoms with Gasteiger partial charge in [-0.3, -0.25) is 4.79 Å². The van der Waals surface area contributed by atoms with Crippen LogP contribution >= 0.6 is 22.7 Å². The van der Waals surface area contributed by atoms with Crippen molar-refractivity contribution in [1.29, 1.82) is 0 Å². The molecule has 2 aromatic heterocycles. The topological polar surface area (TPSA) is 97.8 Å². The van der Waals surface area contributed by atoms with E-state index in [4.69, 9.17) is 9.47 Å². The van der Waals surface area contributed by atoms with E-state index in [1.807, 2.05) is 17.5 Å². The van der Waals surface area contributed by atoms with Gasteiger partial charge in [-0.15, -0.1) is 22.7 Å². The minimum absolute atomic E-state index is 0.138. The Kier molecular flexibility index (Phi) is 6.79. The summed E-state index contributed by atoms with van der Waals surface area (Å²) in [5, 5.41) is 6.98. The summed E-state index contributed by atoms with van der Waals surface area (Å²) in [7, 11) is -0.305. The normalized spacial score (nSPS) is 15.4. The molecule has 11 heteroatoms. The summed E-state index contributed by atoms with van der Waals surface area (Å²) >= 11 is 2.54. The average molecular weight is 494 g/mol. The summed E-state index contributed by atoms with van der Waals surface area (Å²) in [6.45, 7) is 0.648. The van der Waals surface area contributed by atoms with E-state index in [1.165, 1.54) is 27.0 Å². The summed E-state index contributed by atoms with van der Waals surface area (Å²) in [6, 6.07) is 8.80. The van der Waals surface area contributed by atoms with Crippen molar-refractivity contribution in [3.8, 4) is 22.8 Å². The van der Waals surface area contributed by atoms with Crippen LogP contribution in [0, 0.1) is 5.92 Å². The summed E-state index contributed by atoms with van der Waals surface area (Å²) in [4.78, 5) is 17.3. The standard InChI is InChI=1S/C21H23N3O5S3/c1-28-15-5-6-16(18(12-15)29-2)17-13-31-21(22-17)23-20(25)14-7-9-24(10-8-14)32(26,27)19-4-3-11-30-19/h3-6,11-14H,7-10H2,1-2H3,(H,22,23,25). The second kappa shape index (κ2) is 9.57. The van der Waals surface area contributed by atoms with Crippen LogP contribution in [0.2, 0.25) is 0 Å². The predicted octanol–water partition coefficient (Wildman–Crippen LogP) is 3.93. The molecule has 3 aromatic rings. The molecule has 1 fully saturated rings. The maximum atomic E-state index is 12.8. The fourth-order valence-corrected chi connectivity index (χ4v) is 6.90. The highest BCUT2D eigenvalue weighted by molar-refractivity contribution is 7.91. The van der Waals surface area contributed by atoms with Crippen LogP contribution in [0.3, 0.4) is 0 Å². The summed E-state index contributed by atoms with van der Waals surface area (Å²) in [5.74, 6) is 0.919. The molecule has 0 bridgehead atoms. The molecule has 0 radical (unpaired) electrons. The molecular formula is C21H23N3O5S3. The number of hydrogen-bond donors (Lipinski definition) is 1. The zero-order valence-electron chi connectivity index (χ0n) is 17.6. The number of methoxy groups -OCH3 is 2. The number of hydrogen-bond acceptors (Lipinski definition) is 8. The molecule has 1 saturated heterocycles. The van der Waals surface area contributed by atoms with E-state index in [0.29, 0.717) is 52.5 Å². The number of piperidine rings is 1. The molecule has 1 amide bonds. The third kappa shape index (κ3) is 4.65. The molecule has 0 spiro atoms. The van der Waals surface area contributed by atoms with Gasteiger partial charge in [0.2, 0.25) is 5.91 Å². The van der Waals surface area contributed by atoms with Crippen LogP contribution < -0.4 is 14.8 Å². The number of thiazole rings is 1. The van der Waals surface area contributed by atoms with Crippen molar-refractivity contribution in [3.05, 3.63) is 41.1 Å². The first-order chi connectivity index (χ1) is 15.4. The Morgan fingerprint density at radius 1 is 1.16 bits per heavy atom. The Balaban J connectivity index is 1.38. The molecule has 0 aliphatic carbocycles. The quantitative estimate of drug-likeness (QED) is 0.536. The Hall–Kier alpha value is -2.47. The Labute approximate surface area is 194 Å². The maximum Gasteiger partial charge on any atom is 0.252 e. The molecule has 1 aliphatic rings. The molecule has 1 aromatic carbocycles. The predicted molar refractivity (Wildman–Crippen MR) is 125 cm³/mol. The van der Waals surface area contributed by atoms with Gasteiger partial charge in [-0.2, -0.15) is 4.31 Å². The van der Waals surface area contributed by atoms with Gasteiger partial charge < -0.3 is 14.8 Å². The number of ether oxygens (including phenoxy) is 2. The number of amides is 1. The highest BCUT2D eigenvalue weighted by Crippen LogP contribution is 2.35. The van der Waals surface area contributed by atoms with Crippen molar-refractivity contribution in [2.24, 2.45) is 5.92 Å². The minimum Gasteiger partial charge on any atom is -0.497 e. The van der Waals surface area contributed by atoms with Gasteiger partial charge in [-0.05, 0) is 36.4 Å². The molecule has 0 atom stereocenters. The van der Waals surface area contributed by atoms with Gasteiger partial charge in [-0.1, -0.05) is 6.07 Å². The fraction of sp³-hybridized carbons (Fsp3) is 0.333. The first kappa shape index (κ1) is 22.7. The second-order valence-electron chi connectivity index (χ2n) is 7.20. The Morgan fingerprint density at radius 3 is 2.59 bits per heavy atom. The third-order valence-electron chi connectivity index (χ3n) is 5.33. The monoisotopic (exact) mass is 493 g/mol. The number of aromatic nitrogens is 1. The van der Waals surface area contributed by atoms with Crippen LogP contribution in [0.1, 0.15) is 12.8 Å². The number of nitrogens with zero attached hydrogens (tertiary/aromatic N) is 2. The van der Waals surface area contributed by atoms with Gasteiger partial charge in [0.05, 0.1) is 19.9 Å². The summed E-state index contributed by atoms with van der Waals surface area (Å²) < 4.78 is 37.8. The molecule has 3 heterocycles. The first-order valence-corrected chi connectivity index (χ1v) is 13.1. The second-order valence-corrected chi connectivity index (χ2v) is 11.2. The van der Waals surface area contributed by atoms with E-state index < -0.39 is 10.0 Å². The number of sulfonamides is 1. The van der Waals surface area contributed by atoms with E-state index in [2.05, 4.69) is 10.3 Å². The lowest BCUT2D eigenvalue weighted by molar-refractivity contribution is -0.120. The van der Waals surface area contributed by atoms with Crippen LogP contribution in [-0.4, -0.2) is 50.9 Å². The van der Waals surface area contributed by atoms with Gasteiger partial charge in [0.25, 0.3) is 10.0 Å². The van der Waals surface area contributed by atoms with Crippen LogP contribution in [0.4, 0.5) is 5.13 Å². The van der Waals surface area contributed by atoms with E-state index >= 15 is 0 Å². The number of carbonyl (C=O) groups is 1. The summed E-state index contributed by atoms with van der Waals surface area (Å²) in [6.07, 6.45) is 0.946. The van der Waals surface area contributed by atoms with Crippen molar-refractivity contribution in [2.75, 3.05) is 32.6 Å². The lowest BCUT2D eigenvalue weighted by Gasteiger charge is -2.29. The van der Waals surface area contributed by atoms with E-state index in [0.717, 1.165) is 5.56 Å². The molecular weight excluding hydrogens is 470 g/mol. The molecule has 1 aliphatic heterocycles. The van der Waals surface area contributed by atoms with Crippen molar-refractivity contribution < 1.29 is 22.7 Å². The number of carbonyl (C=O) groups excluding carboxylic acids is 1. The Morgan fingerprint density at radius 2 is 1.94 bits per heavy atom. The molecule has 1 N–H and O–H groups in total. The molecule has 170 valence electrons. The molecule has 4 rings (SSSR count). The molecule has 32 heavy (non-hydrogen) atoms. The van der Waals surface area contributed by atoms with Crippen LogP contribution in [0.15, 0.2) is 45.3 Å². The van der Waals surface area contributed by atoms with Gasteiger partial charge in [0.15, 0.2) is 5.13 Å². The number of thiophene rings is 1. The average Bonchev–Trinajstić information content (AvgIpc) is 3.51. The highest BCUT2D eigenvalue weighted by atomic mass is 32.2. The largest absolute Gasteiger partial charge is 0.497 e. The van der Waals surface area contributed by atoms with Gasteiger partial charge in [0.1, 0.15) is 15.7 Å². The molecule has 0 saturated carbocycles. The van der Waals surface area contributed by atoms with E-state index in [-0.39, 0.29) is 11.8 Å². The fourth-order valence-electron chi connectivity index (χ4n) is 3.57. The van der Waals surface area contributed by atoms with Crippen LogP contribution in [-0.2, 0) is 14.8 Å². The first-order valence-electron chi connectivity index (χ1n) is 9.95. The zero-order chi connectivity index (χ0) is 22.7. The third-order valence-corrected chi connectivity index (χ3v) is 9.36. The summed E-state index contributed by atoms with van der Waals surface area (Å²) in [5.41, 5.74) is 1.50. The Bertz CT molecular complexity index is 1180. The highest BCUT2D eigenvalue weighted by Gasteiger charge is 2.32. The number of benzene rings is 1. The lowest BCUT2D eigenvalue weighted by atomic mass is 9.97. The van der Waals surface area contributed by atoms with Gasteiger partial charge in [-0.25, -0.2) is 13.4 Å². The molecule has 8 nitrogen and oxygen atoms in total. The smallest absolute Gasteiger partial charge is 0.252 e. The van der Waals surface area contributed by atoms with Gasteiger partial charge in [0, 0.05) is 36.0 Å². The molecule has 0 unspecified atom stereocenters. The maximum absolute atomic E-state index is 12.8. The van der Waals surface area contributed by atoms with Crippen molar-refractivity contribution >= 4 is 43.7 Å². The number of rotatable bonds is 7. The van der Waals surface area contributed by atoms with E-state index in [9.17, 15) is 13.2 Å². The zero-order valence-corrected chi connectivity index (χ0v) is 20.1. The minimum atomic E-state index is -3.48.